The molecule has 0 aromatic heterocycles. The number of anilines is 1. The first-order chi connectivity index (χ1) is 12.1. The molecule has 0 unspecified atom stereocenters. The van der Waals surface area contributed by atoms with Gasteiger partial charge in [0.15, 0.2) is 0 Å². The number of hydrogen-bond donors (Lipinski definition) is 3. The van der Waals surface area contributed by atoms with Crippen molar-refractivity contribution in [3.8, 4) is 0 Å². The number of urea groups is 1. The van der Waals surface area contributed by atoms with E-state index in [2.05, 4.69) is 31.4 Å². The third-order valence-corrected chi connectivity index (χ3v) is 4.86. The highest BCUT2D eigenvalue weighted by molar-refractivity contribution is 7.89. The second-order valence-electron chi connectivity index (χ2n) is 7.12. The van der Waals surface area contributed by atoms with E-state index in [1.165, 1.54) is 12.1 Å². The van der Waals surface area contributed by atoms with Gasteiger partial charge in [0.05, 0.1) is 4.90 Å². The van der Waals surface area contributed by atoms with Gasteiger partial charge in [0.25, 0.3) is 0 Å². The molecule has 0 atom stereocenters. The van der Waals surface area contributed by atoms with E-state index in [1.54, 1.807) is 12.1 Å². The van der Waals surface area contributed by atoms with Crippen molar-refractivity contribution in [2.75, 3.05) is 11.9 Å². The van der Waals surface area contributed by atoms with E-state index in [9.17, 15) is 13.2 Å². The minimum atomic E-state index is -3.68. The highest BCUT2D eigenvalue weighted by Gasteiger charge is 2.18. The number of para-hydroxylation sites is 1. The SMILES string of the molecule is CC(C)(C)c1ccccc1NC(=O)NCCc1ccc(S(N)(=O)=O)cc1. The van der Waals surface area contributed by atoms with Crippen molar-refractivity contribution >= 4 is 21.7 Å². The first-order valence-corrected chi connectivity index (χ1v) is 9.88. The smallest absolute Gasteiger partial charge is 0.319 e. The van der Waals surface area contributed by atoms with Gasteiger partial charge in [-0.3, -0.25) is 0 Å². The van der Waals surface area contributed by atoms with Crippen LogP contribution in [0.5, 0.6) is 0 Å². The Hall–Kier alpha value is -2.38. The lowest BCUT2D eigenvalue weighted by Crippen LogP contribution is -2.31. The maximum absolute atomic E-state index is 12.1. The van der Waals surface area contributed by atoms with Gasteiger partial charge in [-0.1, -0.05) is 51.1 Å². The number of hydrogen-bond acceptors (Lipinski definition) is 3. The van der Waals surface area contributed by atoms with Gasteiger partial charge in [-0.25, -0.2) is 18.4 Å². The van der Waals surface area contributed by atoms with Crippen LogP contribution in [0.1, 0.15) is 31.9 Å². The van der Waals surface area contributed by atoms with Crippen LogP contribution in [0.4, 0.5) is 10.5 Å². The van der Waals surface area contributed by atoms with E-state index in [0.29, 0.717) is 13.0 Å². The van der Waals surface area contributed by atoms with Gasteiger partial charge in [0, 0.05) is 12.2 Å². The van der Waals surface area contributed by atoms with Gasteiger partial charge in [-0.15, -0.1) is 0 Å². The van der Waals surface area contributed by atoms with Crippen LogP contribution in [-0.2, 0) is 21.9 Å². The molecular formula is C19H25N3O3S. The van der Waals surface area contributed by atoms with Gasteiger partial charge in [0.1, 0.15) is 0 Å². The maximum Gasteiger partial charge on any atom is 0.319 e. The molecule has 26 heavy (non-hydrogen) atoms. The molecule has 0 aliphatic heterocycles. The molecule has 0 spiro atoms. The summed E-state index contributed by atoms with van der Waals surface area (Å²) in [6.45, 7) is 6.71. The zero-order valence-corrected chi connectivity index (χ0v) is 16.1. The topological polar surface area (TPSA) is 101 Å². The molecule has 0 bridgehead atoms. The molecule has 0 fully saturated rings. The fraction of sp³-hybridized carbons (Fsp3) is 0.316. The Morgan fingerprint density at radius 3 is 2.23 bits per heavy atom. The van der Waals surface area contributed by atoms with Crippen molar-refractivity contribution in [2.45, 2.75) is 37.5 Å². The van der Waals surface area contributed by atoms with Crippen molar-refractivity contribution in [1.29, 1.82) is 0 Å². The highest BCUT2D eigenvalue weighted by atomic mass is 32.2. The first-order valence-electron chi connectivity index (χ1n) is 8.33. The third kappa shape index (κ3) is 5.57. The summed E-state index contributed by atoms with van der Waals surface area (Å²) in [7, 11) is -3.68. The molecule has 2 aromatic rings. The van der Waals surface area contributed by atoms with Gasteiger partial charge in [-0.05, 0) is 41.2 Å². The number of nitrogens with two attached hydrogens (primary N) is 1. The van der Waals surface area contributed by atoms with Crippen molar-refractivity contribution in [1.82, 2.24) is 5.32 Å². The molecule has 0 saturated carbocycles. The Morgan fingerprint density at radius 1 is 1.04 bits per heavy atom. The van der Waals surface area contributed by atoms with Crippen molar-refractivity contribution < 1.29 is 13.2 Å². The number of amides is 2. The van der Waals surface area contributed by atoms with E-state index in [1.807, 2.05) is 24.3 Å². The fourth-order valence-corrected chi connectivity index (χ4v) is 3.09. The van der Waals surface area contributed by atoms with Crippen LogP contribution in [0.2, 0.25) is 0 Å². The van der Waals surface area contributed by atoms with Crippen LogP contribution in [0, 0.1) is 0 Å². The molecule has 0 heterocycles. The number of sulfonamides is 1. The number of rotatable bonds is 5. The minimum absolute atomic E-state index is 0.0745. The van der Waals surface area contributed by atoms with Crippen LogP contribution in [0.25, 0.3) is 0 Å². The van der Waals surface area contributed by atoms with Crippen molar-refractivity contribution in [3.63, 3.8) is 0 Å². The van der Waals surface area contributed by atoms with Crippen molar-refractivity contribution in [3.05, 3.63) is 59.7 Å². The lowest BCUT2D eigenvalue weighted by molar-refractivity contribution is 0.252. The van der Waals surface area contributed by atoms with Crippen LogP contribution in [0.3, 0.4) is 0 Å². The average molecular weight is 375 g/mol. The zero-order chi connectivity index (χ0) is 19.4. The van der Waals surface area contributed by atoms with Gasteiger partial charge < -0.3 is 10.6 Å². The quantitative estimate of drug-likeness (QED) is 0.749. The molecule has 6 nitrogen and oxygen atoms in total. The van der Waals surface area contributed by atoms with E-state index >= 15 is 0 Å². The third-order valence-electron chi connectivity index (χ3n) is 3.93. The van der Waals surface area contributed by atoms with Crippen LogP contribution in [0.15, 0.2) is 53.4 Å². The molecule has 2 amide bonds. The second kappa shape index (κ2) is 7.88. The van der Waals surface area contributed by atoms with Crippen LogP contribution >= 0.6 is 0 Å². The van der Waals surface area contributed by atoms with E-state index in [0.717, 1.165) is 16.8 Å². The standard InChI is InChI=1S/C19H25N3O3S/c1-19(2,3)16-6-4-5-7-17(16)22-18(23)21-13-12-14-8-10-15(11-9-14)26(20,24)25/h4-11H,12-13H2,1-3H3,(H2,20,24,25)(H2,21,22,23). The summed E-state index contributed by atoms with van der Waals surface area (Å²) >= 11 is 0. The van der Waals surface area contributed by atoms with Gasteiger partial charge in [-0.2, -0.15) is 0 Å². The lowest BCUT2D eigenvalue weighted by atomic mass is 9.86. The van der Waals surface area contributed by atoms with E-state index < -0.39 is 10.0 Å². The lowest BCUT2D eigenvalue weighted by Gasteiger charge is -2.23. The molecular weight excluding hydrogens is 350 g/mol. The highest BCUT2D eigenvalue weighted by Crippen LogP contribution is 2.29. The molecule has 7 heteroatoms. The molecule has 0 radical (unpaired) electrons. The number of primary sulfonamides is 1. The average Bonchev–Trinajstić information content (AvgIpc) is 2.54. The predicted octanol–water partition coefficient (Wildman–Crippen LogP) is 3.00. The molecule has 0 saturated heterocycles. The Bertz CT molecular complexity index is 870. The van der Waals surface area contributed by atoms with Crippen LogP contribution in [-0.4, -0.2) is 21.0 Å². The summed E-state index contributed by atoms with van der Waals surface area (Å²) in [4.78, 5) is 12.2. The normalized spacial score (nSPS) is 11.8. The van der Waals surface area contributed by atoms with Crippen molar-refractivity contribution in [2.24, 2.45) is 5.14 Å². The summed E-state index contributed by atoms with van der Waals surface area (Å²) in [6.07, 6.45) is 0.583. The predicted molar refractivity (Wildman–Crippen MR) is 104 cm³/mol. The first kappa shape index (κ1) is 19.9. The Morgan fingerprint density at radius 2 is 1.65 bits per heavy atom. The Balaban J connectivity index is 1.90. The number of carbonyl (C=O) groups is 1. The Labute approximate surface area is 154 Å². The van der Waals surface area contributed by atoms with Gasteiger partial charge >= 0.3 is 6.03 Å². The largest absolute Gasteiger partial charge is 0.338 e. The fourth-order valence-electron chi connectivity index (χ4n) is 2.58. The molecule has 0 aliphatic rings. The molecule has 140 valence electrons. The van der Waals surface area contributed by atoms with Gasteiger partial charge in [0.2, 0.25) is 10.0 Å². The molecule has 0 aliphatic carbocycles. The second-order valence-corrected chi connectivity index (χ2v) is 8.68. The van der Waals surface area contributed by atoms with Crippen LogP contribution < -0.4 is 15.8 Å². The Kier molecular flexibility index (Phi) is 6.05. The molecule has 2 aromatic carbocycles. The number of nitrogens with one attached hydrogen (secondary N) is 2. The van der Waals surface area contributed by atoms with E-state index in [4.69, 9.17) is 5.14 Å². The summed E-state index contributed by atoms with van der Waals surface area (Å²) in [5, 5.41) is 10.8. The number of carbonyl (C=O) groups excluding carboxylic acids is 1. The monoisotopic (exact) mass is 375 g/mol. The summed E-state index contributed by atoms with van der Waals surface area (Å²) in [6, 6.07) is 13.8. The number of benzene rings is 2. The summed E-state index contributed by atoms with van der Waals surface area (Å²) < 4.78 is 22.5. The van der Waals surface area contributed by atoms with E-state index in [-0.39, 0.29) is 16.3 Å². The zero-order valence-electron chi connectivity index (χ0n) is 15.2. The summed E-state index contributed by atoms with van der Waals surface area (Å²) in [5.74, 6) is 0. The molecule has 4 N–H and O–H groups in total. The minimum Gasteiger partial charge on any atom is -0.338 e. The molecule has 2 rings (SSSR count). The summed E-state index contributed by atoms with van der Waals surface area (Å²) in [5.41, 5.74) is 2.69. The maximum atomic E-state index is 12.1.